The molecule has 3 heterocycles. The predicted octanol–water partition coefficient (Wildman–Crippen LogP) is 2.24. The normalized spacial score (nSPS) is 14.8. The third-order valence-corrected chi connectivity index (χ3v) is 3.68. The lowest BCUT2D eigenvalue weighted by Gasteiger charge is -2.00. The monoisotopic (exact) mass is 269 g/mol. The molecule has 0 aliphatic heterocycles. The van der Waals surface area contributed by atoms with E-state index in [1.54, 1.807) is 13.3 Å². The van der Waals surface area contributed by atoms with Crippen LogP contribution in [0.5, 0.6) is 5.88 Å². The first-order valence-corrected chi connectivity index (χ1v) is 6.75. The first-order chi connectivity index (χ1) is 9.85. The molecule has 0 radical (unpaired) electrons. The number of aromatic nitrogens is 5. The van der Waals surface area contributed by atoms with E-state index in [2.05, 4.69) is 20.3 Å². The minimum absolute atomic E-state index is 0.584. The van der Waals surface area contributed by atoms with Gasteiger partial charge in [-0.2, -0.15) is 10.2 Å². The molecule has 0 spiro atoms. The highest BCUT2D eigenvalue weighted by molar-refractivity contribution is 5.96. The largest absolute Gasteiger partial charge is 0.480 e. The fourth-order valence-electron chi connectivity index (χ4n) is 2.45. The molecule has 6 heteroatoms. The van der Waals surface area contributed by atoms with Crippen molar-refractivity contribution in [1.82, 2.24) is 25.0 Å². The minimum atomic E-state index is 0.584. The van der Waals surface area contributed by atoms with Crippen LogP contribution in [0.4, 0.5) is 0 Å². The number of nitrogens with zero attached hydrogens (tertiary/aromatic N) is 4. The number of ether oxygens (including phenoxy) is 1. The second-order valence-electron chi connectivity index (χ2n) is 5.21. The Morgan fingerprint density at radius 3 is 3.15 bits per heavy atom. The molecule has 6 nitrogen and oxygen atoms in total. The highest BCUT2D eigenvalue weighted by Crippen LogP contribution is 2.33. The van der Waals surface area contributed by atoms with E-state index in [1.807, 2.05) is 23.1 Å². The van der Waals surface area contributed by atoms with Gasteiger partial charge in [0.05, 0.1) is 24.2 Å². The van der Waals surface area contributed by atoms with Crippen molar-refractivity contribution >= 4 is 10.9 Å². The molecule has 0 bridgehead atoms. The molecule has 0 unspecified atom stereocenters. The van der Waals surface area contributed by atoms with Gasteiger partial charge in [0.2, 0.25) is 5.88 Å². The summed E-state index contributed by atoms with van der Waals surface area (Å²) < 4.78 is 7.33. The summed E-state index contributed by atoms with van der Waals surface area (Å²) in [5.41, 5.74) is 2.75. The van der Waals surface area contributed by atoms with Gasteiger partial charge in [-0.05, 0) is 24.8 Å². The summed E-state index contributed by atoms with van der Waals surface area (Å²) in [4.78, 5) is 4.24. The van der Waals surface area contributed by atoms with Gasteiger partial charge in [-0.3, -0.25) is 9.78 Å². The average molecular weight is 269 g/mol. The summed E-state index contributed by atoms with van der Waals surface area (Å²) in [7, 11) is 1.62. The van der Waals surface area contributed by atoms with Crippen LogP contribution in [0.3, 0.4) is 0 Å². The second kappa shape index (κ2) is 4.33. The van der Waals surface area contributed by atoms with Crippen molar-refractivity contribution in [2.75, 3.05) is 7.11 Å². The number of hydrogen-bond donors (Lipinski definition) is 1. The third-order valence-electron chi connectivity index (χ3n) is 3.68. The number of aromatic amines is 1. The maximum Gasteiger partial charge on any atom is 0.224 e. The van der Waals surface area contributed by atoms with E-state index in [4.69, 9.17) is 4.74 Å². The van der Waals surface area contributed by atoms with Crippen molar-refractivity contribution in [3.63, 3.8) is 0 Å². The van der Waals surface area contributed by atoms with Gasteiger partial charge < -0.3 is 4.74 Å². The number of methoxy groups -OCH3 is 1. The topological polar surface area (TPSA) is 68.6 Å². The fraction of sp³-hybridized carbons (Fsp3) is 0.357. The standard InChI is InChI=1S/C14H15N5O/c1-20-14-12-11(4-5-15-14)17-18-13(12)10-6-16-19(8-10)7-9-2-3-9/h4-6,8-9H,2-3,7H2,1H3,(H,17,18). The molecule has 4 rings (SSSR count). The molecule has 0 atom stereocenters. The van der Waals surface area contributed by atoms with Crippen LogP contribution in [0.15, 0.2) is 24.7 Å². The summed E-state index contributed by atoms with van der Waals surface area (Å²) in [5.74, 6) is 1.39. The van der Waals surface area contributed by atoms with E-state index in [0.717, 1.165) is 34.6 Å². The molecule has 1 saturated carbocycles. The molecular formula is C14H15N5O. The van der Waals surface area contributed by atoms with E-state index in [0.29, 0.717) is 5.88 Å². The van der Waals surface area contributed by atoms with Crippen LogP contribution in [-0.4, -0.2) is 32.1 Å². The Balaban J connectivity index is 1.78. The zero-order valence-electron chi connectivity index (χ0n) is 11.2. The maximum absolute atomic E-state index is 5.33. The molecule has 3 aromatic rings. The quantitative estimate of drug-likeness (QED) is 0.788. The molecule has 1 aliphatic rings. The zero-order valence-corrected chi connectivity index (χ0v) is 11.2. The molecule has 0 saturated heterocycles. The molecule has 3 aromatic heterocycles. The van der Waals surface area contributed by atoms with E-state index in [-0.39, 0.29) is 0 Å². The lowest BCUT2D eigenvalue weighted by molar-refractivity contribution is 0.403. The average Bonchev–Trinajstić information content (AvgIpc) is 3.00. The second-order valence-corrected chi connectivity index (χ2v) is 5.21. The Hall–Kier alpha value is -2.37. The number of hydrogen-bond acceptors (Lipinski definition) is 4. The molecule has 1 N–H and O–H groups in total. The number of rotatable bonds is 4. The van der Waals surface area contributed by atoms with Crippen LogP contribution in [0, 0.1) is 5.92 Å². The summed E-state index contributed by atoms with van der Waals surface area (Å²) in [5, 5.41) is 12.7. The molecule has 0 amide bonds. The van der Waals surface area contributed by atoms with Gasteiger partial charge in [-0.25, -0.2) is 4.98 Å². The van der Waals surface area contributed by atoms with E-state index in [9.17, 15) is 0 Å². The van der Waals surface area contributed by atoms with Crippen molar-refractivity contribution in [3.05, 3.63) is 24.7 Å². The van der Waals surface area contributed by atoms with Gasteiger partial charge in [-0.1, -0.05) is 0 Å². The van der Waals surface area contributed by atoms with Crippen molar-refractivity contribution in [2.24, 2.45) is 5.92 Å². The highest BCUT2D eigenvalue weighted by atomic mass is 16.5. The first-order valence-electron chi connectivity index (χ1n) is 6.75. The highest BCUT2D eigenvalue weighted by Gasteiger charge is 2.22. The zero-order chi connectivity index (χ0) is 13.5. The lowest BCUT2D eigenvalue weighted by atomic mass is 10.2. The van der Waals surface area contributed by atoms with Gasteiger partial charge in [0.15, 0.2) is 0 Å². The smallest absolute Gasteiger partial charge is 0.224 e. The Morgan fingerprint density at radius 1 is 1.45 bits per heavy atom. The van der Waals surface area contributed by atoms with Crippen molar-refractivity contribution in [1.29, 1.82) is 0 Å². The summed E-state index contributed by atoms with van der Waals surface area (Å²) >= 11 is 0. The Kier molecular flexibility index (Phi) is 2.48. The molecule has 1 fully saturated rings. The van der Waals surface area contributed by atoms with Crippen molar-refractivity contribution in [2.45, 2.75) is 19.4 Å². The maximum atomic E-state index is 5.33. The number of pyridine rings is 1. The van der Waals surface area contributed by atoms with Gasteiger partial charge in [-0.15, -0.1) is 0 Å². The summed E-state index contributed by atoms with van der Waals surface area (Å²) in [6.45, 7) is 0.998. The van der Waals surface area contributed by atoms with Crippen molar-refractivity contribution in [3.8, 4) is 17.1 Å². The van der Waals surface area contributed by atoms with E-state index >= 15 is 0 Å². The number of H-pyrrole nitrogens is 1. The van der Waals surface area contributed by atoms with Crippen LogP contribution in [0.25, 0.3) is 22.2 Å². The van der Waals surface area contributed by atoms with E-state index < -0.39 is 0 Å². The van der Waals surface area contributed by atoms with Crippen LogP contribution in [-0.2, 0) is 6.54 Å². The van der Waals surface area contributed by atoms with Gasteiger partial charge in [0.25, 0.3) is 0 Å². The molecule has 0 aromatic carbocycles. The fourth-order valence-corrected chi connectivity index (χ4v) is 2.45. The first kappa shape index (κ1) is 11.5. The molecule has 102 valence electrons. The Labute approximate surface area is 115 Å². The Bertz CT molecular complexity index is 756. The Morgan fingerprint density at radius 2 is 2.35 bits per heavy atom. The minimum Gasteiger partial charge on any atom is -0.480 e. The molecule has 1 aliphatic carbocycles. The van der Waals surface area contributed by atoms with Crippen LogP contribution >= 0.6 is 0 Å². The van der Waals surface area contributed by atoms with Crippen molar-refractivity contribution < 1.29 is 4.74 Å². The third kappa shape index (κ3) is 1.84. The molecule has 20 heavy (non-hydrogen) atoms. The van der Waals surface area contributed by atoms with Crippen LogP contribution < -0.4 is 4.74 Å². The van der Waals surface area contributed by atoms with Gasteiger partial charge >= 0.3 is 0 Å². The van der Waals surface area contributed by atoms with Gasteiger partial charge in [0.1, 0.15) is 5.69 Å². The SMILES string of the molecule is COc1nccc2[nH]nc(-c3cnn(CC4CC4)c3)c12. The number of nitrogens with one attached hydrogen (secondary N) is 1. The predicted molar refractivity (Wildman–Crippen MR) is 74.4 cm³/mol. The van der Waals surface area contributed by atoms with Crippen LogP contribution in [0.1, 0.15) is 12.8 Å². The van der Waals surface area contributed by atoms with Crippen LogP contribution in [0.2, 0.25) is 0 Å². The summed E-state index contributed by atoms with van der Waals surface area (Å²) in [6.07, 6.45) is 8.24. The van der Waals surface area contributed by atoms with E-state index in [1.165, 1.54) is 12.8 Å². The lowest BCUT2D eigenvalue weighted by Crippen LogP contribution is -1.99. The summed E-state index contributed by atoms with van der Waals surface area (Å²) in [6, 6.07) is 1.89. The number of fused-ring (bicyclic) bond motifs is 1. The van der Waals surface area contributed by atoms with Gasteiger partial charge in [0, 0.05) is 24.5 Å². The molecular weight excluding hydrogens is 254 g/mol.